The number of aliphatic hydroxyl groups is 1. The number of aliphatic hydroxyl groups excluding tert-OH is 1. The summed E-state index contributed by atoms with van der Waals surface area (Å²) in [5.41, 5.74) is -0.850. The Bertz CT molecular complexity index is 573. The first-order valence-electron chi connectivity index (χ1n) is 8.00. The van der Waals surface area contributed by atoms with E-state index in [0.717, 1.165) is 25.0 Å². The number of hydrogen-bond acceptors (Lipinski definition) is 2. The van der Waals surface area contributed by atoms with Gasteiger partial charge in [-0.25, -0.2) is 0 Å². The number of benzene rings is 1. The van der Waals surface area contributed by atoms with Crippen LogP contribution in [-0.4, -0.2) is 29.0 Å². The minimum absolute atomic E-state index is 0.000281. The quantitative estimate of drug-likeness (QED) is 0.904. The lowest BCUT2D eigenvalue weighted by Gasteiger charge is -2.22. The highest BCUT2D eigenvalue weighted by molar-refractivity contribution is 5.82. The number of alkyl halides is 3. The van der Waals surface area contributed by atoms with Crippen LogP contribution < -0.4 is 0 Å². The molecule has 1 aliphatic carbocycles. The molecule has 1 aromatic carbocycles. The molecule has 1 aliphatic heterocycles. The second-order valence-corrected chi connectivity index (χ2v) is 6.57. The molecule has 126 valence electrons. The molecular formula is C17H20F3NO2. The Labute approximate surface area is 133 Å². The normalized spacial score (nSPS) is 26.0. The Balaban J connectivity index is 1.73. The minimum atomic E-state index is -4.48. The second-order valence-electron chi connectivity index (χ2n) is 6.57. The van der Waals surface area contributed by atoms with Crippen molar-refractivity contribution in [2.75, 3.05) is 13.1 Å². The van der Waals surface area contributed by atoms with Gasteiger partial charge >= 0.3 is 6.18 Å². The van der Waals surface area contributed by atoms with Crippen molar-refractivity contribution in [2.45, 2.75) is 38.0 Å². The molecular weight excluding hydrogens is 307 g/mol. The van der Waals surface area contributed by atoms with Crippen molar-refractivity contribution in [3.8, 4) is 0 Å². The molecule has 0 aromatic heterocycles. The van der Waals surface area contributed by atoms with Crippen LogP contribution in [0.25, 0.3) is 0 Å². The summed E-state index contributed by atoms with van der Waals surface area (Å²) < 4.78 is 38.3. The Morgan fingerprint density at radius 1 is 1.17 bits per heavy atom. The summed E-state index contributed by atoms with van der Waals surface area (Å²) in [6.07, 6.45) is -1.50. The molecule has 1 aromatic rings. The van der Waals surface area contributed by atoms with E-state index in [1.54, 1.807) is 4.90 Å². The van der Waals surface area contributed by atoms with Crippen LogP contribution in [0.3, 0.4) is 0 Å². The van der Waals surface area contributed by atoms with E-state index in [2.05, 4.69) is 0 Å². The van der Waals surface area contributed by atoms with E-state index in [1.165, 1.54) is 25.0 Å². The highest BCUT2D eigenvalue weighted by Gasteiger charge is 2.39. The van der Waals surface area contributed by atoms with Crippen LogP contribution in [0.15, 0.2) is 24.3 Å². The van der Waals surface area contributed by atoms with Gasteiger partial charge in [0.15, 0.2) is 6.10 Å². The Morgan fingerprint density at radius 3 is 2.35 bits per heavy atom. The summed E-state index contributed by atoms with van der Waals surface area (Å²) in [7, 11) is 0. The topological polar surface area (TPSA) is 40.5 Å². The largest absolute Gasteiger partial charge is 0.416 e. The second kappa shape index (κ2) is 6.15. The van der Waals surface area contributed by atoms with Crippen LogP contribution in [0.5, 0.6) is 0 Å². The molecule has 2 fully saturated rings. The van der Waals surface area contributed by atoms with Crippen LogP contribution in [0.4, 0.5) is 13.2 Å². The average molecular weight is 327 g/mol. The maximum atomic E-state index is 12.8. The van der Waals surface area contributed by atoms with Gasteiger partial charge in [0.2, 0.25) is 0 Å². The van der Waals surface area contributed by atoms with Crippen LogP contribution >= 0.6 is 0 Å². The molecule has 1 heterocycles. The zero-order valence-corrected chi connectivity index (χ0v) is 12.7. The van der Waals surface area contributed by atoms with Gasteiger partial charge in [-0.1, -0.05) is 25.0 Å². The van der Waals surface area contributed by atoms with Crippen LogP contribution in [0, 0.1) is 11.8 Å². The van der Waals surface area contributed by atoms with Crippen LogP contribution in [-0.2, 0) is 11.0 Å². The molecule has 3 rings (SSSR count). The molecule has 1 unspecified atom stereocenters. The van der Waals surface area contributed by atoms with Gasteiger partial charge in [-0.2, -0.15) is 13.2 Å². The van der Waals surface area contributed by atoms with Crippen molar-refractivity contribution in [3.63, 3.8) is 0 Å². The molecule has 2 aliphatic rings. The average Bonchev–Trinajstić information content (AvgIpc) is 2.97. The smallest absolute Gasteiger partial charge is 0.378 e. The maximum absolute atomic E-state index is 12.8. The van der Waals surface area contributed by atoms with E-state index < -0.39 is 23.8 Å². The monoisotopic (exact) mass is 327 g/mol. The zero-order valence-electron chi connectivity index (χ0n) is 12.7. The first-order valence-corrected chi connectivity index (χ1v) is 8.00. The number of likely N-dealkylation sites (tertiary alicyclic amines) is 1. The Kier molecular flexibility index (Phi) is 4.36. The summed E-state index contributed by atoms with van der Waals surface area (Å²) in [6, 6.07) is 4.37. The zero-order chi connectivity index (χ0) is 16.6. The summed E-state index contributed by atoms with van der Waals surface area (Å²) in [6.45, 7) is 1.22. The Hall–Kier alpha value is -1.56. The molecule has 1 N–H and O–H groups in total. The third kappa shape index (κ3) is 3.37. The number of nitrogens with zero attached hydrogens (tertiary/aromatic N) is 1. The molecule has 0 bridgehead atoms. The lowest BCUT2D eigenvalue weighted by atomic mass is 9.82. The molecule has 23 heavy (non-hydrogen) atoms. The predicted molar refractivity (Wildman–Crippen MR) is 78.4 cm³/mol. The Morgan fingerprint density at radius 2 is 1.78 bits per heavy atom. The number of hydrogen-bond donors (Lipinski definition) is 1. The molecule has 6 heteroatoms. The van der Waals surface area contributed by atoms with Crippen LogP contribution in [0.2, 0.25) is 0 Å². The van der Waals surface area contributed by atoms with E-state index in [1.807, 2.05) is 0 Å². The fourth-order valence-corrected chi connectivity index (χ4v) is 3.79. The first kappa shape index (κ1) is 16.3. The van der Waals surface area contributed by atoms with E-state index in [9.17, 15) is 23.1 Å². The minimum Gasteiger partial charge on any atom is -0.378 e. The van der Waals surface area contributed by atoms with E-state index in [0.29, 0.717) is 24.9 Å². The van der Waals surface area contributed by atoms with Crippen molar-refractivity contribution in [1.29, 1.82) is 0 Å². The number of carbonyl (C=O) groups is 1. The fraction of sp³-hybridized carbons (Fsp3) is 0.588. The van der Waals surface area contributed by atoms with Crippen molar-refractivity contribution >= 4 is 5.91 Å². The maximum Gasteiger partial charge on any atom is 0.416 e. The molecule has 1 amide bonds. The van der Waals surface area contributed by atoms with Gasteiger partial charge in [0.25, 0.3) is 5.91 Å². The highest BCUT2D eigenvalue weighted by Crippen LogP contribution is 2.37. The van der Waals surface area contributed by atoms with E-state index in [-0.39, 0.29) is 5.56 Å². The summed E-state index contributed by atoms with van der Waals surface area (Å²) >= 11 is 0. The first-order chi connectivity index (χ1) is 10.9. The number of fused-ring (bicyclic) bond motifs is 1. The fourth-order valence-electron chi connectivity index (χ4n) is 3.79. The van der Waals surface area contributed by atoms with Crippen molar-refractivity contribution in [3.05, 3.63) is 35.4 Å². The lowest BCUT2D eigenvalue weighted by Crippen LogP contribution is -2.33. The molecule has 0 spiro atoms. The number of rotatable bonds is 2. The van der Waals surface area contributed by atoms with Gasteiger partial charge < -0.3 is 10.0 Å². The van der Waals surface area contributed by atoms with Crippen LogP contribution in [0.1, 0.15) is 42.9 Å². The number of amides is 1. The van der Waals surface area contributed by atoms with E-state index in [4.69, 9.17) is 0 Å². The molecule has 0 radical (unpaired) electrons. The van der Waals surface area contributed by atoms with Gasteiger partial charge in [-0.15, -0.1) is 0 Å². The number of halogens is 3. The summed E-state index contributed by atoms with van der Waals surface area (Å²) in [4.78, 5) is 14.1. The lowest BCUT2D eigenvalue weighted by molar-refractivity contribution is -0.141. The molecule has 1 saturated carbocycles. The molecule has 1 saturated heterocycles. The van der Waals surface area contributed by atoms with Gasteiger partial charge in [0.05, 0.1) is 5.56 Å². The third-order valence-corrected chi connectivity index (χ3v) is 5.05. The van der Waals surface area contributed by atoms with Crippen molar-refractivity contribution in [2.24, 2.45) is 11.8 Å². The van der Waals surface area contributed by atoms with Gasteiger partial charge in [0, 0.05) is 13.1 Å². The van der Waals surface area contributed by atoms with Crippen molar-refractivity contribution in [1.82, 2.24) is 4.90 Å². The number of carbonyl (C=O) groups excluding carboxylic acids is 1. The summed E-state index contributed by atoms with van der Waals surface area (Å²) in [5.74, 6) is 0.460. The summed E-state index contributed by atoms with van der Waals surface area (Å²) in [5, 5.41) is 10.2. The predicted octanol–water partition coefficient (Wildman–Crippen LogP) is 3.39. The van der Waals surface area contributed by atoms with E-state index >= 15 is 0 Å². The molecule has 3 nitrogen and oxygen atoms in total. The standard InChI is InChI=1S/C17H20F3NO2/c18-17(19,20)14-7-3-6-11(8-14)15(22)16(23)21-9-12-4-1-2-5-13(12)10-21/h3,6-8,12-13,15,22H,1-2,4-5,9-10H2/t12-,13+,15?. The SMILES string of the molecule is O=C(C(O)c1cccc(C(F)(F)F)c1)N1C[C@H]2CCCC[C@H]2C1. The van der Waals surface area contributed by atoms with Gasteiger partial charge in [-0.05, 0) is 42.4 Å². The van der Waals surface area contributed by atoms with Gasteiger partial charge in [0.1, 0.15) is 0 Å². The highest BCUT2D eigenvalue weighted by atomic mass is 19.4. The van der Waals surface area contributed by atoms with Gasteiger partial charge in [-0.3, -0.25) is 4.79 Å². The van der Waals surface area contributed by atoms with Crippen molar-refractivity contribution < 1.29 is 23.1 Å². The third-order valence-electron chi connectivity index (χ3n) is 5.05. The molecule has 3 atom stereocenters.